The number of fused-ring (bicyclic) bond motifs is 1. The van der Waals surface area contributed by atoms with Gasteiger partial charge in [0.2, 0.25) is 5.91 Å². The zero-order chi connectivity index (χ0) is 22.9. The van der Waals surface area contributed by atoms with Gasteiger partial charge in [-0.1, -0.05) is 26.0 Å². The lowest BCUT2D eigenvalue weighted by Gasteiger charge is -2.21. The number of anilines is 1. The Balaban J connectivity index is 2.10. The maximum absolute atomic E-state index is 13.3. The first-order valence-corrected chi connectivity index (χ1v) is 11.3. The molecule has 1 aromatic heterocycles. The summed E-state index contributed by atoms with van der Waals surface area (Å²) in [6.45, 7) is 6.96. The minimum absolute atomic E-state index is 0.00636. The monoisotopic (exact) mass is 443 g/mol. The highest BCUT2D eigenvalue weighted by molar-refractivity contribution is 7.93. The molecule has 0 aliphatic carbocycles. The van der Waals surface area contributed by atoms with Gasteiger partial charge in [0.05, 0.1) is 17.7 Å². The third kappa shape index (κ3) is 4.34. The highest BCUT2D eigenvalue weighted by atomic mass is 32.2. The summed E-state index contributed by atoms with van der Waals surface area (Å²) in [7, 11) is -2.91. The second-order valence-corrected chi connectivity index (χ2v) is 9.52. The van der Waals surface area contributed by atoms with Crippen LogP contribution in [-0.2, 0) is 26.0 Å². The molecule has 1 amide bonds. The van der Waals surface area contributed by atoms with Crippen LogP contribution in [0.5, 0.6) is 0 Å². The minimum atomic E-state index is -4.16. The number of carbonyl (C=O) groups excluding carboxylic acids is 2. The van der Waals surface area contributed by atoms with Crippen molar-refractivity contribution in [2.75, 3.05) is 11.4 Å². The molecule has 0 radical (unpaired) electrons. The van der Waals surface area contributed by atoms with E-state index in [9.17, 15) is 18.0 Å². The molecule has 7 nitrogen and oxygen atoms in total. The second-order valence-electron chi connectivity index (χ2n) is 7.74. The van der Waals surface area contributed by atoms with E-state index in [2.05, 4.69) is 13.8 Å². The number of methoxy groups -OCH3 is 1. The maximum atomic E-state index is 13.3. The molecule has 0 fully saturated rings. The summed E-state index contributed by atoms with van der Waals surface area (Å²) in [5, 5.41) is 0.371. The molecule has 0 saturated carbocycles. The number of hydrogen-bond donors (Lipinski definition) is 0. The van der Waals surface area contributed by atoms with E-state index in [0.29, 0.717) is 22.6 Å². The van der Waals surface area contributed by atoms with Crippen LogP contribution in [0.3, 0.4) is 0 Å². The first-order valence-electron chi connectivity index (χ1n) is 9.82. The fourth-order valence-electron chi connectivity index (χ4n) is 3.55. The molecule has 0 unspecified atom stereocenters. The lowest BCUT2D eigenvalue weighted by molar-refractivity contribution is -0.115. The molecule has 0 aliphatic heterocycles. The fourth-order valence-corrected chi connectivity index (χ4v) is 4.97. The molecule has 0 aliphatic rings. The summed E-state index contributed by atoms with van der Waals surface area (Å²) >= 11 is 0. The van der Waals surface area contributed by atoms with E-state index >= 15 is 0 Å². The Morgan fingerprint density at radius 1 is 1.10 bits per heavy atom. The van der Waals surface area contributed by atoms with Crippen molar-refractivity contribution in [3.8, 4) is 0 Å². The van der Waals surface area contributed by atoms with Gasteiger partial charge in [-0.3, -0.25) is 4.79 Å². The molecule has 0 bridgehead atoms. The molecule has 2 aromatic carbocycles. The summed E-state index contributed by atoms with van der Waals surface area (Å²) in [5.41, 5.74) is 1.71. The first-order chi connectivity index (χ1) is 14.6. The lowest BCUT2D eigenvalue weighted by Crippen LogP contribution is -2.35. The van der Waals surface area contributed by atoms with Crippen LogP contribution in [0, 0.1) is 12.8 Å². The summed E-state index contributed by atoms with van der Waals surface area (Å²) in [5.74, 6) is -0.501. The van der Waals surface area contributed by atoms with Gasteiger partial charge in [-0.2, -0.15) is 0 Å². The van der Waals surface area contributed by atoms with Gasteiger partial charge in [-0.05, 0) is 55.2 Å². The number of furan rings is 1. The molecule has 0 N–H and O–H groups in total. The van der Waals surface area contributed by atoms with Crippen molar-refractivity contribution in [2.24, 2.45) is 5.92 Å². The number of sulfonamides is 1. The Morgan fingerprint density at radius 2 is 1.74 bits per heavy atom. The molecule has 3 aromatic rings. The van der Waals surface area contributed by atoms with Crippen molar-refractivity contribution < 1.29 is 27.2 Å². The number of ether oxygens (including phenoxy) is 1. The molecule has 0 atom stereocenters. The lowest BCUT2D eigenvalue weighted by atomic mass is 10.0. The minimum Gasteiger partial charge on any atom is -0.465 e. The van der Waals surface area contributed by atoms with Crippen molar-refractivity contribution in [1.82, 2.24) is 0 Å². The quantitative estimate of drug-likeness (QED) is 0.522. The van der Waals surface area contributed by atoms with E-state index in [1.807, 2.05) is 0 Å². The summed E-state index contributed by atoms with van der Waals surface area (Å²) in [6.07, 6.45) is 0.823. The Labute approximate surface area is 181 Å². The fraction of sp³-hybridized carbons (Fsp3) is 0.304. The van der Waals surface area contributed by atoms with Crippen LogP contribution in [0.1, 0.15) is 42.5 Å². The predicted octanol–water partition coefficient (Wildman–Crippen LogP) is 4.47. The van der Waals surface area contributed by atoms with Crippen LogP contribution in [0.15, 0.2) is 51.8 Å². The molecular formula is C23H25NO6S. The Hall–Kier alpha value is -3.13. The maximum Gasteiger partial charge on any atom is 0.342 e. The predicted molar refractivity (Wildman–Crippen MR) is 118 cm³/mol. The van der Waals surface area contributed by atoms with Gasteiger partial charge in [0.1, 0.15) is 16.9 Å². The number of hydrogen-bond acceptors (Lipinski definition) is 6. The largest absolute Gasteiger partial charge is 0.465 e. The van der Waals surface area contributed by atoms with E-state index in [0.717, 1.165) is 16.3 Å². The van der Waals surface area contributed by atoms with Gasteiger partial charge < -0.3 is 9.15 Å². The van der Waals surface area contributed by atoms with Gasteiger partial charge in [-0.15, -0.1) is 0 Å². The van der Waals surface area contributed by atoms with Crippen molar-refractivity contribution in [2.45, 2.75) is 39.0 Å². The van der Waals surface area contributed by atoms with E-state index in [4.69, 9.17) is 9.15 Å². The van der Waals surface area contributed by atoms with Crippen molar-refractivity contribution in [1.29, 1.82) is 0 Å². The number of amides is 1. The van der Waals surface area contributed by atoms with Crippen LogP contribution in [0.4, 0.5) is 5.69 Å². The smallest absolute Gasteiger partial charge is 0.342 e. The van der Waals surface area contributed by atoms with E-state index in [1.54, 1.807) is 19.1 Å². The number of benzene rings is 2. The zero-order valence-electron chi connectivity index (χ0n) is 18.1. The van der Waals surface area contributed by atoms with Gasteiger partial charge >= 0.3 is 5.97 Å². The topological polar surface area (TPSA) is 93.9 Å². The molecule has 3 rings (SSSR count). The third-order valence-corrected chi connectivity index (χ3v) is 6.68. The summed E-state index contributed by atoms with van der Waals surface area (Å²) in [4.78, 5) is 24.6. The SMILES string of the molecule is COC(=O)c1c(C)oc2ccc(N(C(C)=O)S(=O)(=O)c3ccc(CC(C)C)cc3)cc12. The van der Waals surface area contributed by atoms with Crippen molar-refractivity contribution in [3.63, 3.8) is 0 Å². The molecular weight excluding hydrogens is 418 g/mol. The third-order valence-electron chi connectivity index (χ3n) is 4.86. The molecule has 8 heteroatoms. The normalized spacial score (nSPS) is 11.7. The first kappa shape index (κ1) is 22.6. The van der Waals surface area contributed by atoms with Crippen LogP contribution in [-0.4, -0.2) is 27.4 Å². The number of esters is 1. The standard InChI is InChI=1S/C23H25NO6S/c1-14(2)12-17-6-9-19(10-7-17)31(27,28)24(16(4)25)18-8-11-21-20(13-18)22(15(3)30-21)23(26)29-5/h6-11,13-14H,12H2,1-5H3. The number of rotatable bonds is 6. The molecule has 1 heterocycles. The highest BCUT2D eigenvalue weighted by Crippen LogP contribution is 2.32. The van der Waals surface area contributed by atoms with Crippen LogP contribution in [0.2, 0.25) is 0 Å². The average Bonchev–Trinajstić information content (AvgIpc) is 3.02. The van der Waals surface area contributed by atoms with Crippen molar-refractivity contribution in [3.05, 3.63) is 59.4 Å². The Morgan fingerprint density at radius 3 is 2.29 bits per heavy atom. The number of aryl methyl sites for hydroxylation is 1. The Kier molecular flexibility index (Phi) is 6.22. The molecule has 31 heavy (non-hydrogen) atoms. The number of nitrogens with zero attached hydrogens (tertiary/aromatic N) is 1. The van der Waals surface area contributed by atoms with Crippen LogP contribution >= 0.6 is 0 Å². The molecule has 0 saturated heterocycles. The van der Waals surface area contributed by atoms with Gasteiger partial charge in [0, 0.05) is 12.3 Å². The molecule has 0 spiro atoms. The second kappa shape index (κ2) is 8.55. The van der Waals surface area contributed by atoms with Crippen LogP contribution in [0.25, 0.3) is 11.0 Å². The van der Waals surface area contributed by atoms with E-state index in [1.165, 1.54) is 44.4 Å². The Bertz CT molecular complexity index is 1240. The van der Waals surface area contributed by atoms with Crippen LogP contribution < -0.4 is 4.31 Å². The van der Waals surface area contributed by atoms with E-state index < -0.39 is 21.9 Å². The van der Waals surface area contributed by atoms with E-state index in [-0.39, 0.29) is 16.1 Å². The zero-order valence-corrected chi connectivity index (χ0v) is 18.9. The summed E-state index contributed by atoms with van der Waals surface area (Å²) in [6, 6.07) is 11.0. The average molecular weight is 444 g/mol. The van der Waals surface area contributed by atoms with Gasteiger partial charge in [0.15, 0.2) is 0 Å². The van der Waals surface area contributed by atoms with Gasteiger partial charge in [-0.25, -0.2) is 17.5 Å². The summed E-state index contributed by atoms with van der Waals surface area (Å²) < 4.78 is 37.7. The van der Waals surface area contributed by atoms with Gasteiger partial charge in [0.25, 0.3) is 10.0 Å². The highest BCUT2D eigenvalue weighted by Gasteiger charge is 2.30. The number of carbonyl (C=O) groups is 2. The van der Waals surface area contributed by atoms with Crippen molar-refractivity contribution >= 4 is 38.6 Å². The molecule has 164 valence electrons.